The third-order valence-corrected chi connectivity index (χ3v) is 7.53. The standard InChI is InChI=1S/C42H60O2/c1-7-8-9-10-11-12-13-14-15-16-17-18-19-20-21-22-23-24-25-31-41(43)44-36-34-38(3)29-26-28-37(2)32-33-40-39(4)30-27-35-42(40,5)6/h8-9,11-12,14-15,17-18,20-21,23-24,26,28-29,32-34H,7,10,13,16,19,22,25,27,30-31,35-36H2,1-6H3/b9-8+,12-11+,15-14+,18-17-,21-20-,24-23-,29-26+,33-32+,37-28+,38-34+. The van der Waals surface area contributed by atoms with Crippen molar-refractivity contribution in [2.24, 2.45) is 5.41 Å². The summed E-state index contributed by atoms with van der Waals surface area (Å²) < 4.78 is 5.37. The van der Waals surface area contributed by atoms with Crippen LogP contribution in [0, 0.1) is 5.41 Å². The molecule has 0 aromatic heterocycles. The Labute approximate surface area is 270 Å². The van der Waals surface area contributed by atoms with E-state index in [1.54, 1.807) is 0 Å². The molecule has 0 atom stereocenters. The fraction of sp³-hybridized carbons (Fsp3) is 0.452. The Kier molecular flexibility index (Phi) is 21.9. The molecule has 0 spiro atoms. The van der Waals surface area contributed by atoms with Gasteiger partial charge in [-0.3, -0.25) is 4.79 Å². The predicted octanol–water partition coefficient (Wildman–Crippen LogP) is 12.5. The maximum atomic E-state index is 12.0. The average molecular weight is 597 g/mol. The fourth-order valence-corrected chi connectivity index (χ4v) is 4.88. The van der Waals surface area contributed by atoms with Crippen LogP contribution in [0.2, 0.25) is 0 Å². The van der Waals surface area contributed by atoms with Crippen molar-refractivity contribution >= 4 is 5.97 Å². The SMILES string of the molecule is CC/C=C/C/C=C/C/C=C/C/C=C\C/C=C\C/C=C\CCC(=O)OC/C=C(C)/C=C/C=C(C)/C=C/C1=C(C)CCCC1(C)C. The van der Waals surface area contributed by atoms with Crippen LogP contribution in [-0.2, 0) is 9.53 Å². The molecule has 0 bridgehead atoms. The van der Waals surface area contributed by atoms with Crippen LogP contribution in [0.5, 0.6) is 0 Å². The van der Waals surface area contributed by atoms with Crippen LogP contribution in [0.3, 0.4) is 0 Å². The molecule has 0 heterocycles. The molecule has 0 radical (unpaired) electrons. The lowest BCUT2D eigenvalue weighted by molar-refractivity contribution is -0.142. The van der Waals surface area contributed by atoms with Crippen molar-refractivity contribution in [1.29, 1.82) is 0 Å². The number of hydrogen-bond acceptors (Lipinski definition) is 2. The highest BCUT2D eigenvalue weighted by Gasteiger charge is 2.26. The van der Waals surface area contributed by atoms with Crippen LogP contribution in [-0.4, -0.2) is 12.6 Å². The van der Waals surface area contributed by atoms with Crippen LogP contribution < -0.4 is 0 Å². The Morgan fingerprint density at radius 1 is 0.773 bits per heavy atom. The Morgan fingerprint density at radius 3 is 1.86 bits per heavy atom. The van der Waals surface area contributed by atoms with Gasteiger partial charge in [0.2, 0.25) is 0 Å². The molecule has 240 valence electrons. The molecule has 0 fully saturated rings. The number of hydrogen-bond donors (Lipinski definition) is 0. The number of carbonyl (C=O) groups excluding carboxylic acids is 1. The van der Waals surface area contributed by atoms with Gasteiger partial charge in [-0.05, 0) is 102 Å². The van der Waals surface area contributed by atoms with E-state index in [9.17, 15) is 4.79 Å². The van der Waals surface area contributed by atoms with Gasteiger partial charge in [0.1, 0.15) is 6.61 Å². The third kappa shape index (κ3) is 20.5. The summed E-state index contributed by atoms with van der Waals surface area (Å²) in [6.07, 6.45) is 49.7. The lowest BCUT2D eigenvalue weighted by atomic mass is 9.72. The van der Waals surface area contributed by atoms with Gasteiger partial charge in [0.05, 0.1) is 0 Å². The van der Waals surface area contributed by atoms with Gasteiger partial charge in [0.15, 0.2) is 0 Å². The Balaban J connectivity index is 2.17. The summed E-state index contributed by atoms with van der Waals surface area (Å²) in [5.74, 6) is -0.159. The zero-order valence-corrected chi connectivity index (χ0v) is 28.7. The van der Waals surface area contributed by atoms with Crippen molar-refractivity contribution in [2.75, 3.05) is 6.61 Å². The first-order chi connectivity index (χ1) is 21.3. The lowest BCUT2D eigenvalue weighted by Gasteiger charge is -2.32. The van der Waals surface area contributed by atoms with E-state index in [2.05, 4.69) is 138 Å². The molecule has 1 aliphatic rings. The smallest absolute Gasteiger partial charge is 0.306 e. The second kappa shape index (κ2) is 25.0. The summed E-state index contributed by atoms with van der Waals surface area (Å²) >= 11 is 0. The topological polar surface area (TPSA) is 26.3 Å². The zero-order chi connectivity index (χ0) is 32.3. The zero-order valence-electron chi connectivity index (χ0n) is 28.7. The first-order valence-electron chi connectivity index (χ1n) is 16.7. The second-order valence-corrected chi connectivity index (χ2v) is 12.1. The monoisotopic (exact) mass is 596 g/mol. The molecule has 0 aliphatic heterocycles. The van der Waals surface area contributed by atoms with Gasteiger partial charge in [-0.1, -0.05) is 141 Å². The van der Waals surface area contributed by atoms with Crippen molar-refractivity contribution in [3.8, 4) is 0 Å². The van der Waals surface area contributed by atoms with E-state index < -0.39 is 0 Å². The predicted molar refractivity (Wildman–Crippen MR) is 195 cm³/mol. The Bertz CT molecular complexity index is 1150. The second-order valence-electron chi connectivity index (χ2n) is 12.1. The summed E-state index contributed by atoms with van der Waals surface area (Å²) in [6, 6.07) is 0. The van der Waals surface area contributed by atoms with E-state index in [-0.39, 0.29) is 11.4 Å². The van der Waals surface area contributed by atoms with Crippen LogP contribution in [0.4, 0.5) is 0 Å². The number of rotatable bonds is 20. The molecule has 44 heavy (non-hydrogen) atoms. The normalized spacial score (nSPS) is 17.1. The summed E-state index contributed by atoms with van der Waals surface area (Å²) in [5.41, 5.74) is 5.57. The van der Waals surface area contributed by atoms with Gasteiger partial charge < -0.3 is 4.74 Å². The number of esters is 1. The van der Waals surface area contributed by atoms with Crippen molar-refractivity contribution in [3.63, 3.8) is 0 Å². The summed E-state index contributed by atoms with van der Waals surface area (Å²) in [5, 5.41) is 0. The highest BCUT2D eigenvalue weighted by Crippen LogP contribution is 2.40. The molecule has 1 aliphatic carbocycles. The fourth-order valence-electron chi connectivity index (χ4n) is 4.88. The summed E-state index contributed by atoms with van der Waals surface area (Å²) in [6.45, 7) is 13.6. The molecule has 2 heteroatoms. The quantitative estimate of drug-likeness (QED) is 0.0794. The maximum Gasteiger partial charge on any atom is 0.306 e. The first-order valence-corrected chi connectivity index (χ1v) is 16.7. The van der Waals surface area contributed by atoms with E-state index in [1.165, 1.54) is 36.0 Å². The van der Waals surface area contributed by atoms with E-state index in [4.69, 9.17) is 4.74 Å². The van der Waals surface area contributed by atoms with E-state index in [0.29, 0.717) is 19.4 Å². The molecule has 0 saturated carbocycles. The van der Waals surface area contributed by atoms with E-state index >= 15 is 0 Å². The summed E-state index contributed by atoms with van der Waals surface area (Å²) in [7, 11) is 0. The summed E-state index contributed by atoms with van der Waals surface area (Å²) in [4.78, 5) is 12.0. The van der Waals surface area contributed by atoms with Gasteiger partial charge in [0.25, 0.3) is 0 Å². The maximum absolute atomic E-state index is 12.0. The largest absolute Gasteiger partial charge is 0.461 e. The van der Waals surface area contributed by atoms with Crippen LogP contribution in [0.1, 0.15) is 112 Å². The number of carbonyl (C=O) groups is 1. The van der Waals surface area contributed by atoms with E-state index in [0.717, 1.165) is 44.1 Å². The minimum absolute atomic E-state index is 0.159. The molecule has 0 N–H and O–H groups in total. The van der Waals surface area contributed by atoms with Crippen LogP contribution in [0.15, 0.2) is 132 Å². The van der Waals surface area contributed by atoms with Crippen molar-refractivity contribution < 1.29 is 9.53 Å². The lowest BCUT2D eigenvalue weighted by Crippen LogP contribution is -2.19. The number of allylic oxidation sites excluding steroid dienone is 21. The molecule has 2 nitrogen and oxygen atoms in total. The average Bonchev–Trinajstić information content (AvgIpc) is 2.97. The molecule has 0 amide bonds. The molecule has 0 saturated heterocycles. The van der Waals surface area contributed by atoms with Gasteiger partial charge >= 0.3 is 5.97 Å². The molecule has 1 rings (SSSR count). The molecular formula is C42H60O2. The van der Waals surface area contributed by atoms with Crippen molar-refractivity contribution in [3.05, 3.63) is 132 Å². The first kappa shape index (κ1) is 38.6. The van der Waals surface area contributed by atoms with Crippen molar-refractivity contribution in [1.82, 2.24) is 0 Å². The number of ether oxygens (including phenoxy) is 1. The van der Waals surface area contributed by atoms with Gasteiger partial charge in [0, 0.05) is 6.42 Å². The Hall–Kier alpha value is -3.39. The van der Waals surface area contributed by atoms with Gasteiger partial charge in [-0.15, -0.1) is 0 Å². The highest BCUT2D eigenvalue weighted by atomic mass is 16.5. The van der Waals surface area contributed by atoms with Crippen LogP contribution >= 0.6 is 0 Å². The minimum atomic E-state index is -0.159. The minimum Gasteiger partial charge on any atom is -0.461 e. The Morgan fingerprint density at radius 2 is 1.32 bits per heavy atom. The van der Waals surface area contributed by atoms with Crippen molar-refractivity contribution in [2.45, 2.75) is 112 Å². The highest BCUT2D eigenvalue weighted by molar-refractivity contribution is 5.69. The molecule has 0 unspecified atom stereocenters. The molecule has 0 aromatic carbocycles. The van der Waals surface area contributed by atoms with E-state index in [1.807, 2.05) is 13.0 Å². The van der Waals surface area contributed by atoms with Gasteiger partial charge in [-0.25, -0.2) is 0 Å². The molecular weight excluding hydrogens is 536 g/mol. The molecule has 0 aromatic rings. The van der Waals surface area contributed by atoms with Gasteiger partial charge in [-0.2, -0.15) is 0 Å². The third-order valence-electron chi connectivity index (χ3n) is 7.53. The van der Waals surface area contributed by atoms with Crippen LogP contribution in [0.25, 0.3) is 0 Å².